The standard InChI is InChI=1S/C14H18ClN3O2/c1-19-6-5-18-10-13(9-17-18)16-8-11-7-12(15)3-4-14(11)20-2/h3-4,7,9-10,16H,5-6,8H2,1-2H3. The van der Waals surface area contributed by atoms with Crippen molar-refractivity contribution in [2.24, 2.45) is 0 Å². The second kappa shape index (κ2) is 7.17. The largest absolute Gasteiger partial charge is 0.496 e. The van der Waals surface area contributed by atoms with E-state index >= 15 is 0 Å². The fourth-order valence-corrected chi connectivity index (χ4v) is 2.04. The molecule has 1 aromatic heterocycles. The van der Waals surface area contributed by atoms with Crippen molar-refractivity contribution in [3.8, 4) is 5.75 Å². The lowest BCUT2D eigenvalue weighted by Crippen LogP contribution is -2.04. The van der Waals surface area contributed by atoms with Gasteiger partial charge >= 0.3 is 0 Å². The Balaban J connectivity index is 1.98. The molecule has 0 aliphatic heterocycles. The molecule has 0 aliphatic rings. The van der Waals surface area contributed by atoms with E-state index in [1.807, 2.05) is 29.1 Å². The zero-order valence-corrected chi connectivity index (χ0v) is 12.4. The van der Waals surface area contributed by atoms with E-state index in [1.54, 1.807) is 20.4 Å². The molecule has 0 unspecified atom stereocenters. The zero-order chi connectivity index (χ0) is 14.4. The van der Waals surface area contributed by atoms with Gasteiger partial charge < -0.3 is 14.8 Å². The van der Waals surface area contributed by atoms with Gasteiger partial charge in [-0.25, -0.2) is 0 Å². The van der Waals surface area contributed by atoms with Gasteiger partial charge in [0.15, 0.2) is 0 Å². The Morgan fingerprint density at radius 1 is 1.35 bits per heavy atom. The highest BCUT2D eigenvalue weighted by Crippen LogP contribution is 2.23. The van der Waals surface area contributed by atoms with Crippen LogP contribution in [0.1, 0.15) is 5.56 Å². The van der Waals surface area contributed by atoms with Gasteiger partial charge in [-0.1, -0.05) is 11.6 Å². The first-order valence-electron chi connectivity index (χ1n) is 6.30. The highest BCUT2D eigenvalue weighted by Gasteiger charge is 2.05. The number of methoxy groups -OCH3 is 2. The number of nitrogens with one attached hydrogen (secondary N) is 1. The lowest BCUT2D eigenvalue weighted by molar-refractivity contribution is 0.183. The van der Waals surface area contributed by atoms with Crippen LogP contribution in [-0.2, 0) is 17.8 Å². The molecule has 1 heterocycles. The van der Waals surface area contributed by atoms with Crippen molar-refractivity contribution in [2.75, 3.05) is 26.1 Å². The molecular formula is C14H18ClN3O2. The van der Waals surface area contributed by atoms with Crippen LogP contribution in [0.2, 0.25) is 5.02 Å². The van der Waals surface area contributed by atoms with E-state index in [9.17, 15) is 0 Å². The van der Waals surface area contributed by atoms with Crippen molar-refractivity contribution in [1.29, 1.82) is 0 Å². The van der Waals surface area contributed by atoms with E-state index in [0.717, 1.165) is 23.5 Å². The van der Waals surface area contributed by atoms with Gasteiger partial charge in [-0.2, -0.15) is 5.10 Å². The first kappa shape index (κ1) is 14.7. The summed E-state index contributed by atoms with van der Waals surface area (Å²) in [4.78, 5) is 0. The number of rotatable bonds is 7. The molecule has 20 heavy (non-hydrogen) atoms. The van der Waals surface area contributed by atoms with E-state index in [-0.39, 0.29) is 0 Å². The first-order chi connectivity index (χ1) is 9.72. The number of nitrogens with zero attached hydrogens (tertiary/aromatic N) is 2. The third kappa shape index (κ3) is 3.88. The van der Waals surface area contributed by atoms with Crippen LogP contribution in [0.25, 0.3) is 0 Å². The van der Waals surface area contributed by atoms with Gasteiger partial charge in [-0.3, -0.25) is 4.68 Å². The van der Waals surface area contributed by atoms with Crippen LogP contribution >= 0.6 is 11.6 Å². The molecule has 0 fully saturated rings. The fraction of sp³-hybridized carbons (Fsp3) is 0.357. The Labute approximate surface area is 123 Å². The molecule has 0 spiro atoms. The molecule has 2 rings (SSSR count). The van der Waals surface area contributed by atoms with Gasteiger partial charge in [0.05, 0.1) is 32.1 Å². The molecule has 2 aromatic rings. The number of benzene rings is 1. The number of hydrogen-bond acceptors (Lipinski definition) is 4. The van der Waals surface area contributed by atoms with Gasteiger partial charge in [0, 0.05) is 30.4 Å². The summed E-state index contributed by atoms with van der Waals surface area (Å²) >= 11 is 6.00. The van der Waals surface area contributed by atoms with E-state index in [0.29, 0.717) is 18.2 Å². The molecule has 108 valence electrons. The van der Waals surface area contributed by atoms with Crippen molar-refractivity contribution >= 4 is 17.3 Å². The molecule has 0 radical (unpaired) electrons. The topological polar surface area (TPSA) is 48.3 Å². The third-order valence-electron chi connectivity index (χ3n) is 2.88. The number of anilines is 1. The normalized spacial score (nSPS) is 10.6. The van der Waals surface area contributed by atoms with E-state index in [2.05, 4.69) is 10.4 Å². The highest BCUT2D eigenvalue weighted by atomic mass is 35.5. The molecule has 1 N–H and O–H groups in total. The number of aromatic nitrogens is 2. The number of hydrogen-bond donors (Lipinski definition) is 1. The Hall–Kier alpha value is -1.72. The van der Waals surface area contributed by atoms with Crippen LogP contribution < -0.4 is 10.1 Å². The third-order valence-corrected chi connectivity index (χ3v) is 3.12. The smallest absolute Gasteiger partial charge is 0.123 e. The quantitative estimate of drug-likeness (QED) is 0.853. The lowest BCUT2D eigenvalue weighted by atomic mass is 10.2. The average Bonchev–Trinajstić information content (AvgIpc) is 2.91. The maximum atomic E-state index is 6.00. The highest BCUT2D eigenvalue weighted by molar-refractivity contribution is 6.30. The van der Waals surface area contributed by atoms with Crippen LogP contribution in [0.4, 0.5) is 5.69 Å². The van der Waals surface area contributed by atoms with Gasteiger partial charge in [-0.15, -0.1) is 0 Å². The minimum atomic E-state index is 0.625. The molecule has 0 amide bonds. The minimum Gasteiger partial charge on any atom is -0.496 e. The van der Waals surface area contributed by atoms with Gasteiger partial charge in [0.1, 0.15) is 5.75 Å². The average molecular weight is 296 g/mol. The van der Waals surface area contributed by atoms with Crippen molar-refractivity contribution in [3.63, 3.8) is 0 Å². The van der Waals surface area contributed by atoms with Crippen LogP contribution in [0.15, 0.2) is 30.6 Å². The van der Waals surface area contributed by atoms with Crippen molar-refractivity contribution in [3.05, 3.63) is 41.2 Å². The molecule has 0 bridgehead atoms. The maximum Gasteiger partial charge on any atom is 0.123 e. The predicted octanol–water partition coefficient (Wildman–Crippen LogP) is 2.80. The van der Waals surface area contributed by atoms with Crippen LogP contribution in [0, 0.1) is 0 Å². The molecule has 0 saturated heterocycles. The summed E-state index contributed by atoms with van der Waals surface area (Å²) in [6, 6.07) is 5.57. The molecule has 0 saturated carbocycles. The summed E-state index contributed by atoms with van der Waals surface area (Å²) in [5.41, 5.74) is 1.95. The summed E-state index contributed by atoms with van der Waals surface area (Å²) in [5.74, 6) is 0.814. The van der Waals surface area contributed by atoms with E-state index in [4.69, 9.17) is 21.1 Å². The minimum absolute atomic E-state index is 0.625. The fourth-order valence-electron chi connectivity index (χ4n) is 1.84. The van der Waals surface area contributed by atoms with Gasteiger partial charge in [0.2, 0.25) is 0 Å². The van der Waals surface area contributed by atoms with Gasteiger partial charge in [0.25, 0.3) is 0 Å². The van der Waals surface area contributed by atoms with Crippen molar-refractivity contribution in [1.82, 2.24) is 9.78 Å². The SMILES string of the molecule is COCCn1cc(NCc2cc(Cl)ccc2OC)cn1. The van der Waals surface area contributed by atoms with Crippen molar-refractivity contribution < 1.29 is 9.47 Å². The molecule has 6 heteroatoms. The summed E-state index contributed by atoms with van der Waals surface area (Å²) in [6.45, 7) is 2.00. The second-order valence-corrected chi connectivity index (χ2v) is 4.73. The van der Waals surface area contributed by atoms with Crippen LogP contribution in [0.5, 0.6) is 5.75 Å². The molecule has 0 atom stereocenters. The van der Waals surface area contributed by atoms with E-state index in [1.165, 1.54) is 0 Å². The number of halogens is 1. The monoisotopic (exact) mass is 295 g/mol. The summed E-state index contributed by atoms with van der Waals surface area (Å²) < 4.78 is 12.2. The van der Waals surface area contributed by atoms with E-state index < -0.39 is 0 Å². The zero-order valence-electron chi connectivity index (χ0n) is 11.6. The Kier molecular flexibility index (Phi) is 5.26. The van der Waals surface area contributed by atoms with Gasteiger partial charge in [-0.05, 0) is 18.2 Å². The maximum absolute atomic E-state index is 6.00. The van der Waals surface area contributed by atoms with Crippen LogP contribution in [-0.4, -0.2) is 30.6 Å². The summed E-state index contributed by atoms with van der Waals surface area (Å²) in [5, 5.41) is 8.23. The molecule has 5 nitrogen and oxygen atoms in total. The first-order valence-corrected chi connectivity index (χ1v) is 6.68. The number of ether oxygens (including phenoxy) is 2. The summed E-state index contributed by atoms with van der Waals surface area (Å²) in [6.07, 6.45) is 3.72. The molecule has 0 aliphatic carbocycles. The Morgan fingerprint density at radius 3 is 2.95 bits per heavy atom. The second-order valence-electron chi connectivity index (χ2n) is 4.29. The summed E-state index contributed by atoms with van der Waals surface area (Å²) in [7, 11) is 3.32. The van der Waals surface area contributed by atoms with Crippen molar-refractivity contribution in [2.45, 2.75) is 13.1 Å². The Morgan fingerprint density at radius 2 is 2.20 bits per heavy atom. The molecular weight excluding hydrogens is 278 g/mol. The van der Waals surface area contributed by atoms with Crippen LogP contribution in [0.3, 0.4) is 0 Å². The predicted molar refractivity (Wildman–Crippen MR) is 79.4 cm³/mol. The molecule has 1 aromatic carbocycles. The Bertz CT molecular complexity index is 557. The lowest BCUT2D eigenvalue weighted by Gasteiger charge is -2.09.